The van der Waals surface area contributed by atoms with Gasteiger partial charge in [-0.1, -0.05) is 15.9 Å². The van der Waals surface area contributed by atoms with Gasteiger partial charge in [-0.2, -0.15) is 5.26 Å². The van der Waals surface area contributed by atoms with Crippen LogP contribution in [0.25, 0.3) is 0 Å². The fraction of sp³-hybridized carbons (Fsp3) is 0.250. The van der Waals surface area contributed by atoms with Crippen LogP contribution >= 0.6 is 15.9 Å². The number of aromatic nitrogens is 1. The summed E-state index contributed by atoms with van der Waals surface area (Å²) in [5, 5.41) is 15.7. The molecule has 4 N–H and O–H groups in total. The Hall–Kier alpha value is -2.26. The van der Waals surface area contributed by atoms with Crippen molar-refractivity contribution >= 4 is 38.9 Å². The van der Waals surface area contributed by atoms with Gasteiger partial charge in [-0.25, -0.2) is 4.98 Å². The van der Waals surface area contributed by atoms with Gasteiger partial charge in [-0.15, -0.1) is 0 Å². The molecule has 0 aliphatic heterocycles. The molecule has 1 heterocycles. The molecule has 2 rings (SSSR count). The van der Waals surface area contributed by atoms with Crippen LogP contribution in [0.2, 0.25) is 0 Å². The molecule has 114 valence electrons. The van der Waals surface area contributed by atoms with Crippen molar-refractivity contribution in [2.75, 3.05) is 16.4 Å². The van der Waals surface area contributed by atoms with E-state index in [-0.39, 0.29) is 5.54 Å². The molecule has 1 aromatic heterocycles. The molecule has 0 saturated carbocycles. The molecule has 0 aliphatic carbocycles. The Morgan fingerprint density at radius 3 is 2.41 bits per heavy atom. The van der Waals surface area contributed by atoms with Crippen molar-refractivity contribution in [2.45, 2.75) is 26.3 Å². The molecule has 0 aliphatic rings. The fourth-order valence-electron chi connectivity index (χ4n) is 1.87. The average molecular weight is 360 g/mol. The van der Waals surface area contributed by atoms with Crippen molar-refractivity contribution in [3.05, 3.63) is 40.4 Å². The van der Waals surface area contributed by atoms with Crippen LogP contribution in [0, 0.1) is 11.3 Å². The number of rotatable bonds is 3. The predicted molar refractivity (Wildman–Crippen MR) is 94.2 cm³/mol. The first-order valence-electron chi connectivity index (χ1n) is 6.80. The zero-order chi connectivity index (χ0) is 16.3. The quantitative estimate of drug-likeness (QED) is 0.762. The third-order valence-corrected chi connectivity index (χ3v) is 3.30. The first-order chi connectivity index (χ1) is 10.3. The maximum Gasteiger partial charge on any atom is 0.148 e. The molecule has 2 aromatic rings. The molecule has 0 amide bonds. The lowest BCUT2D eigenvalue weighted by atomic mass is 10.1. The highest BCUT2D eigenvalue weighted by Crippen LogP contribution is 2.27. The van der Waals surface area contributed by atoms with Crippen molar-refractivity contribution < 1.29 is 0 Å². The van der Waals surface area contributed by atoms with Gasteiger partial charge in [0, 0.05) is 21.8 Å². The molecule has 1 aromatic carbocycles. The largest absolute Gasteiger partial charge is 0.397 e. The summed E-state index contributed by atoms with van der Waals surface area (Å²) in [4.78, 5) is 4.47. The number of halogens is 1. The van der Waals surface area contributed by atoms with Crippen LogP contribution in [0.15, 0.2) is 34.8 Å². The molecular formula is C16H18BrN5. The minimum absolute atomic E-state index is 0.221. The fourth-order valence-corrected chi connectivity index (χ4v) is 2.14. The van der Waals surface area contributed by atoms with Crippen LogP contribution in [0.1, 0.15) is 26.3 Å². The Labute approximate surface area is 138 Å². The minimum atomic E-state index is -0.221. The number of nitrogens with zero attached hydrogens (tertiary/aromatic N) is 2. The van der Waals surface area contributed by atoms with Crippen molar-refractivity contribution in [2.24, 2.45) is 0 Å². The lowest BCUT2D eigenvalue weighted by Crippen LogP contribution is -2.27. The number of nitriles is 1. The molecule has 0 bridgehead atoms. The maximum absolute atomic E-state index is 9.27. The summed E-state index contributed by atoms with van der Waals surface area (Å²) in [7, 11) is 0. The van der Waals surface area contributed by atoms with E-state index in [0.717, 1.165) is 10.2 Å². The molecular weight excluding hydrogens is 342 g/mol. The van der Waals surface area contributed by atoms with E-state index in [0.29, 0.717) is 22.9 Å². The second kappa shape index (κ2) is 6.24. The summed E-state index contributed by atoms with van der Waals surface area (Å²) in [6.45, 7) is 6.00. The SMILES string of the molecule is CC(C)(C)Nc1nc(Nc2ccc(Br)cc2)cc(N)c1C#N. The third kappa shape index (κ3) is 4.12. The third-order valence-electron chi connectivity index (χ3n) is 2.77. The predicted octanol–water partition coefficient (Wildman–Crippen LogP) is 4.25. The monoisotopic (exact) mass is 359 g/mol. The van der Waals surface area contributed by atoms with E-state index in [4.69, 9.17) is 5.73 Å². The van der Waals surface area contributed by atoms with Gasteiger partial charge in [-0.3, -0.25) is 0 Å². The summed E-state index contributed by atoms with van der Waals surface area (Å²) in [6, 6.07) is 11.5. The highest BCUT2D eigenvalue weighted by atomic mass is 79.9. The van der Waals surface area contributed by atoms with Gasteiger partial charge in [0.25, 0.3) is 0 Å². The van der Waals surface area contributed by atoms with E-state index in [9.17, 15) is 5.26 Å². The second-order valence-corrected chi connectivity index (χ2v) is 6.85. The van der Waals surface area contributed by atoms with Gasteiger partial charge in [0.1, 0.15) is 23.3 Å². The van der Waals surface area contributed by atoms with E-state index in [2.05, 4.69) is 37.6 Å². The molecule has 0 radical (unpaired) electrons. The van der Waals surface area contributed by atoms with Gasteiger partial charge in [-0.05, 0) is 45.0 Å². The van der Waals surface area contributed by atoms with Crippen LogP contribution < -0.4 is 16.4 Å². The van der Waals surface area contributed by atoms with Crippen LogP contribution in [0.5, 0.6) is 0 Å². The highest BCUT2D eigenvalue weighted by Gasteiger charge is 2.16. The minimum Gasteiger partial charge on any atom is -0.397 e. The lowest BCUT2D eigenvalue weighted by molar-refractivity contribution is 0.630. The van der Waals surface area contributed by atoms with Crippen molar-refractivity contribution in [3.63, 3.8) is 0 Å². The number of nitrogens with one attached hydrogen (secondary N) is 2. The van der Waals surface area contributed by atoms with Gasteiger partial charge in [0.15, 0.2) is 0 Å². The summed E-state index contributed by atoms with van der Waals surface area (Å²) in [5.41, 5.74) is 7.40. The highest BCUT2D eigenvalue weighted by molar-refractivity contribution is 9.10. The molecule has 5 nitrogen and oxygen atoms in total. The molecule has 0 spiro atoms. The molecule has 0 fully saturated rings. The van der Waals surface area contributed by atoms with Crippen LogP contribution in [-0.4, -0.2) is 10.5 Å². The second-order valence-electron chi connectivity index (χ2n) is 5.94. The standard InChI is InChI=1S/C16H18BrN5/c1-16(2,3)22-15-12(9-18)13(19)8-14(21-15)20-11-6-4-10(17)5-7-11/h4-8H,1-3H3,(H4,19,20,21,22). The lowest BCUT2D eigenvalue weighted by Gasteiger charge is -2.23. The molecule has 22 heavy (non-hydrogen) atoms. The number of hydrogen-bond donors (Lipinski definition) is 3. The van der Waals surface area contributed by atoms with Gasteiger partial charge in [0.2, 0.25) is 0 Å². The van der Waals surface area contributed by atoms with E-state index >= 15 is 0 Å². The topological polar surface area (TPSA) is 86.8 Å². The van der Waals surface area contributed by atoms with E-state index < -0.39 is 0 Å². The summed E-state index contributed by atoms with van der Waals surface area (Å²) in [5.74, 6) is 1.07. The average Bonchev–Trinajstić information content (AvgIpc) is 2.39. The van der Waals surface area contributed by atoms with Crippen molar-refractivity contribution in [3.8, 4) is 6.07 Å². The molecule has 0 unspecified atom stereocenters. The Balaban J connectivity index is 2.37. The maximum atomic E-state index is 9.27. The number of nitrogens with two attached hydrogens (primary N) is 1. The number of benzene rings is 1. The number of nitrogen functional groups attached to an aromatic ring is 1. The van der Waals surface area contributed by atoms with Crippen molar-refractivity contribution in [1.29, 1.82) is 5.26 Å². The van der Waals surface area contributed by atoms with Crippen LogP contribution in [0.3, 0.4) is 0 Å². The van der Waals surface area contributed by atoms with Crippen molar-refractivity contribution in [1.82, 2.24) is 4.98 Å². The number of anilines is 4. The van der Waals surface area contributed by atoms with E-state index in [1.54, 1.807) is 6.07 Å². The summed E-state index contributed by atoms with van der Waals surface area (Å²) >= 11 is 3.40. The van der Waals surface area contributed by atoms with E-state index in [1.807, 2.05) is 45.0 Å². The van der Waals surface area contributed by atoms with E-state index in [1.165, 1.54) is 0 Å². The Morgan fingerprint density at radius 2 is 1.86 bits per heavy atom. The first kappa shape index (κ1) is 16.1. The molecule has 0 atom stereocenters. The summed E-state index contributed by atoms with van der Waals surface area (Å²) in [6.07, 6.45) is 0. The van der Waals surface area contributed by atoms with Crippen LogP contribution in [-0.2, 0) is 0 Å². The Bertz CT molecular complexity index is 711. The molecule has 0 saturated heterocycles. The smallest absolute Gasteiger partial charge is 0.148 e. The Kier molecular flexibility index (Phi) is 4.57. The Morgan fingerprint density at radius 1 is 1.23 bits per heavy atom. The van der Waals surface area contributed by atoms with Gasteiger partial charge in [0.05, 0.1) is 5.69 Å². The first-order valence-corrected chi connectivity index (χ1v) is 7.59. The molecule has 6 heteroatoms. The normalized spacial score (nSPS) is 10.9. The zero-order valence-electron chi connectivity index (χ0n) is 12.7. The summed E-state index contributed by atoms with van der Waals surface area (Å²) < 4.78 is 1.00. The van der Waals surface area contributed by atoms with Gasteiger partial charge >= 0.3 is 0 Å². The number of pyridine rings is 1. The van der Waals surface area contributed by atoms with Crippen LogP contribution in [0.4, 0.5) is 23.0 Å². The number of hydrogen-bond acceptors (Lipinski definition) is 5. The zero-order valence-corrected chi connectivity index (χ0v) is 14.3. The van der Waals surface area contributed by atoms with Gasteiger partial charge < -0.3 is 16.4 Å².